The lowest BCUT2D eigenvalue weighted by Crippen LogP contribution is -2.10. The molecule has 0 aliphatic rings. The van der Waals surface area contributed by atoms with E-state index in [0.29, 0.717) is 0 Å². The third-order valence-electron chi connectivity index (χ3n) is 10.1. The van der Waals surface area contributed by atoms with Crippen molar-refractivity contribution in [1.82, 2.24) is 9.13 Å². The monoisotopic (exact) mass is 651 g/mol. The largest absolute Gasteiger partial charge is 0.315 e. The second-order valence-corrected chi connectivity index (χ2v) is 13.0. The first-order chi connectivity index (χ1) is 25.3. The Bertz CT molecular complexity index is 2820. The summed E-state index contributed by atoms with van der Waals surface area (Å²) in [4.78, 5) is 2.35. The van der Waals surface area contributed by atoms with Crippen molar-refractivity contribution in [1.29, 1.82) is 0 Å². The smallest absolute Gasteiger partial charge is 0.0788 e. The van der Waals surface area contributed by atoms with Crippen LogP contribution >= 0.6 is 0 Å². The molecule has 0 N–H and O–H groups in total. The molecule has 0 aliphatic carbocycles. The molecule has 3 nitrogen and oxygen atoms in total. The third-order valence-corrected chi connectivity index (χ3v) is 10.1. The van der Waals surface area contributed by atoms with Gasteiger partial charge in [-0.15, -0.1) is 0 Å². The molecule has 0 saturated heterocycles. The van der Waals surface area contributed by atoms with Crippen LogP contribution in [0.2, 0.25) is 0 Å². The minimum atomic E-state index is 1.12. The van der Waals surface area contributed by atoms with E-state index in [4.69, 9.17) is 0 Å². The van der Waals surface area contributed by atoms with Crippen molar-refractivity contribution < 1.29 is 0 Å². The summed E-state index contributed by atoms with van der Waals surface area (Å²) in [5.74, 6) is 0. The summed E-state index contributed by atoms with van der Waals surface area (Å²) in [5, 5.41) is 6.19. The van der Waals surface area contributed by atoms with Gasteiger partial charge in [0.05, 0.1) is 22.2 Å². The molecule has 240 valence electrons. The van der Waals surface area contributed by atoms with E-state index in [9.17, 15) is 0 Å². The Labute approximate surface area is 296 Å². The fourth-order valence-electron chi connectivity index (χ4n) is 7.76. The molecular weight excluding hydrogens is 619 g/mol. The Morgan fingerprint density at radius 3 is 1.76 bits per heavy atom. The molecule has 0 atom stereocenters. The first-order valence-corrected chi connectivity index (χ1v) is 17.4. The molecule has 0 unspecified atom stereocenters. The summed E-state index contributed by atoms with van der Waals surface area (Å²) in [6.45, 7) is 0. The molecule has 10 rings (SSSR count). The van der Waals surface area contributed by atoms with E-state index in [1.807, 2.05) is 0 Å². The summed E-state index contributed by atoms with van der Waals surface area (Å²) in [7, 11) is 0. The Morgan fingerprint density at radius 1 is 0.353 bits per heavy atom. The number of fused-ring (bicyclic) bond motifs is 6. The maximum Gasteiger partial charge on any atom is 0.0788 e. The van der Waals surface area contributed by atoms with Gasteiger partial charge in [0.1, 0.15) is 0 Å². The average molecular weight is 652 g/mol. The van der Waals surface area contributed by atoms with Gasteiger partial charge in [-0.1, -0.05) is 127 Å². The lowest BCUT2D eigenvalue weighted by Gasteiger charge is -2.27. The van der Waals surface area contributed by atoms with Crippen LogP contribution in [0.5, 0.6) is 0 Å². The maximum absolute atomic E-state index is 2.41. The highest BCUT2D eigenvalue weighted by atomic mass is 15.1. The second-order valence-electron chi connectivity index (χ2n) is 13.0. The van der Waals surface area contributed by atoms with Gasteiger partial charge in [-0.05, 0) is 83.2 Å². The van der Waals surface area contributed by atoms with Crippen molar-refractivity contribution in [3.8, 4) is 22.5 Å². The minimum Gasteiger partial charge on any atom is -0.315 e. The molecule has 0 fully saturated rings. The Balaban J connectivity index is 1.05. The summed E-state index contributed by atoms with van der Waals surface area (Å²) in [6, 6.07) is 69.8. The molecule has 3 heteroatoms. The number of nitrogens with zero attached hydrogens (tertiary/aromatic N) is 3. The quantitative estimate of drug-likeness (QED) is 0.174. The van der Waals surface area contributed by atoms with E-state index in [-0.39, 0.29) is 0 Å². The van der Waals surface area contributed by atoms with Crippen LogP contribution in [-0.2, 0) is 0 Å². The highest BCUT2D eigenvalue weighted by Gasteiger charge is 2.18. The first-order valence-electron chi connectivity index (χ1n) is 17.4. The highest BCUT2D eigenvalue weighted by Crippen LogP contribution is 2.40. The fraction of sp³-hybridized carbons (Fsp3) is 0. The molecule has 0 spiro atoms. The average Bonchev–Trinajstić information content (AvgIpc) is 3.79. The summed E-state index contributed by atoms with van der Waals surface area (Å²) in [6.07, 6.45) is 2.20. The van der Waals surface area contributed by atoms with Crippen LogP contribution in [-0.4, -0.2) is 9.13 Å². The van der Waals surface area contributed by atoms with Gasteiger partial charge in [0.15, 0.2) is 0 Å². The number of hydrogen-bond acceptors (Lipinski definition) is 1. The summed E-state index contributed by atoms with van der Waals surface area (Å²) < 4.78 is 4.75. The van der Waals surface area contributed by atoms with Crippen LogP contribution in [0.1, 0.15) is 0 Å². The van der Waals surface area contributed by atoms with Crippen LogP contribution in [0.15, 0.2) is 200 Å². The van der Waals surface area contributed by atoms with Gasteiger partial charge >= 0.3 is 0 Å². The molecule has 0 amide bonds. The van der Waals surface area contributed by atoms with Crippen LogP contribution in [0.25, 0.3) is 66.0 Å². The third kappa shape index (κ3) is 4.82. The van der Waals surface area contributed by atoms with Crippen molar-refractivity contribution in [2.45, 2.75) is 0 Å². The number of rotatable bonds is 6. The number of para-hydroxylation sites is 3. The molecule has 0 aliphatic heterocycles. The number of hydrogen-bond donors (Lipinski definition) is 0. The van der Waals surface area contributed by atoms with E-state index < -0.39 is 0 Å². The van der Waals surface area contributed by atoms with E-state index in [1.54, 1.807) is 0 Å². The normalized spacial score (nSPS) is 11.5. The zero-order chi connectivity index (χ0) is 33.7. The molecule has 2 heterocycles. The Hall–Kier alpha value is -6.84. The van der Waals surface area contributed by atoms with E-state index in [2.05, 4.69) is 214 Å². The molecule has 0 radical (unpaired) electrons. The number of aromatic nitrogens is 2. The topological polar surface area (TPSA) is 13.1 Å². The van der Waals surface area contributed by atoms with Gasteiger partial charge < -0.3 is 14.0 Å². The van der Waals surface area contributed by atoms with Gasteiger partial charge in [0.25, 0.3) is 0 Å². The second kappa shape index (κ2) is 11.9. The van der Waals surface area contributed by atoms with Crippen LogP contribution < -0.4 is 4.90 Å². The zero-order valence-corrected chi connectivity index (χ0v) is 27.9. The molecular formula is C48H33N3. The summed E-state index contributed by atoms with van der Waals surface area (Å²) in [5.41, 5.74) is 11.7. The van der Waals surface area contributed by atoms with Gasteiger partial charge in [-0.2, -0.15) is 0 Å². The SMILES string of the molecule is c1ccc(N(c2ccc(-c3ccc(-n4ccc5ccc6c7ccccc7n(-c7ccccc7)c6c54)cc3)cc2)c2cccc3ccccc23)cc1. The van der Waals surface area contributed by atoms with Crippen molar-refractivity contribution >= 4 is 60.5 Å². The standard InChI is InChI=1S/C48H33N3/c1-3-14-39(15-4-1)50(45-21-11-13-36-12-7-8-18-42(36)45)41-29-24-35(25-30-41)34-22-27-38(28-23-34)49-33-32-37-26-31-44-43-19-9-10-20-46(43)51(48(44)47(37)49)40-16-5-2-6-17-40/h1-33H. The van der Waals surface area contributed by atoms with Crippen molar-refractivity contribution in [2.75, 3.05) is 4.90 Å². The minimum absolute atomic E-state index is 1.12. The molecule has 0 bridgehead atoms. The van der Waals surface area contributed by atoms with Crippen LogP contribution in [0.4, 0.5) is 17.1 Å². The van der Waals surface area contributed by atoms with Crippen molar-refractivity contribution in [2.24, 2.45) is 0 Å². The molecule has 51 heavy (non-hydrogen) atoms. The predicted molar refractivity (Wildman–Crippen MR) is 215 cm³/mol. The molecule has 2 aromatic heterocycles. The lowest BCUT2D eigenvalue weighted by atomic mass is 10.0. The molecule has 10 aromatic rings. The van der Waals surface area contributed by atoms with E-state index in [0.717, 1.165) is 28.4 Å². The van der Waals surface area contributed by atoms with Gasteiger partial charge in [-0.25, -0.2) is 0 Å². The maximum atomic E-state index is 2.41. The van der Waals surface area contributed by atoms with Crippen molar-refractivity contribution in [3.05, 3.63) is 200 Å². The fourth-order valence-corrected chi connectivity index (χ4v) is 7.76. The lowest BCUT2D eigenvalue weighted by molar-refractivity contribution is 1.12. The Kier molecular flexibility index (Phi) is 6.81. The first kappa shape index (κ1) is 29.1. The number of anilines is 3. The van der Waals surface area contributed by atoms with Crippen LogP contribution in [0, 0.1) is 0 Å². The Morgan fingerprint density at radius 2 is 0.980 bits per heavy atom. The van der Waals surface area contributed by atoms with Gasteiger partial charge in [-0.3, -0.25) is 0 Å². The number of benzene rings is 8. The van der Waals surface area contributed by atoms with E-state index >= 15 is 0 Å². The van der Waals surface area contributed by atoms with Crippen LogP contribution in [0.3, 0.4) is 0 Å². The van der Waals surface area contributed by atoms with Gasteiger partial charge in [0.2, 0.25) is 0 Å². The zero-order valence-electron chi connectivity index (χ0n) is 27.9. The highest BCUT2D eigenvalue weighted by molar-refractivity contribution is 6.18. The molecule has 0 saturated carbocycles. The summed E-state index contributed by atoms with van der Waals surface area (Å²) >= 11 is 0. The van der Waals surface area contributed by atoms with Crippen molar-refractivity contribution in [3.63, 3.8) is 0 Å². The van der Waals surface area contributed by atoms with E-state index in [1.165, 1.54) is 54.6 Å². The van der Waals surface area contributed by atoms with Gasteiger partial charge in [0, 0.05) is 50.5 Å². The predicted octanol–water partition coefficient (Wildman–Crippen LogP) is 13.0. The molecule has 8 aromatic carbocycles.